The molecule has 1 aromatic rings. The SMILES string of the molecule is CNCC1CCN(C(=O)C(C)(C)c2ccc(C)cc2)CC1.Cl. The van der Waals surface area contributed by atoms with Crippen molar-refractivity contribution in [2.75, 3.05) is 26.7 Å². The zero-order chi connectivity index (χ0) is 15.5. The van der Waals surface area contributed by atoms with Crippen LogP contribution in [-0.4, -0.2) is 37.5 Å². The molecule has 4 heteroatoms. The Labute approximate surface area is 140 Å². The highest BCUT2D eigenvalue weighted by atomic mass is 35.5. The molecule has 1 aliphatic heterocycles. The number of aryl methyl sites for hydroxylation is 1. The second-order valence-corrected chi connectivity index (χ2v) is 6.78. The van der Waals surface area contributed by atoms with Crippen molar-refractivity contribution in [3.8, 4) is 0 Å². The molecule has 0 aliphatic carbocycles. The van der Waals surface area contributed by atoms with E-state index in [0.717, 1.165) is 38.0 Å². The number of halogens is 1. The molecule has 3 nitrogen and oxygen atoms in total. The van der Waals surface area contributed by atoms with Crippen LogP contribution in [-0.2, 0) is 10.2 Å². The molecule has 0 spiro atoms. The van der Waals surface area contributed by atoms with Gasteiger partial charge in [-0.2, -0.15) is 0 Å². The molecule has 0 aromatic heterocycles. The maximum absolute atomic E-state index is 12.9. The molecule has 1 heterocycles. The van der Waals surface area contributed by atoms with Crippen LogP contribution in [0, 0.1) is 12.8 Å². The number of nitrogens with one attached hydrogen (secondary N) is 1. The molecule has 1 fully saturated rings. The number of rotatable bonds is 4. The molecule has 1 N–H and O–H groups in total. The molecule has 124 valence electrons. The summed E-state index contributed by atoms with van der Waals surface area (Å²) >= 11 is 0. The van der Waals surface area contributed by atoms with Gasteiger partial charge in [-0.1, -0.05) is 29.8 Å². The second-order valence-electron chi connectivity index (χ2n) is 6.78. The lowest BCUT2D eigenvalue weighted by atomic mass is 9.82. The monoisotopic (exact) mass is 324 g/mol. The van der Waals surface area contributed by atoms with Crippen LogP contribution >= 0.6 is 12.4 Å². The summed E-state index contributed by atoms with van der Waals surface area (Å²) < 4.78 is 0. The molecule has 2 rings (SSSR count). The minimum Gasteiger partial charge on any atom is -0.342 e. The summed E-state index contributed by atoms with van der Waals surface area (Å²) in [6.45, 7) is 8.99. The van der Waals surface area contributed by atoms with Crippen molar-refractivity contribution in [1.29, 1.82) is 0 Å². The Morgan fingerprint density at radius 1 is 1.23 bits per heavy atom. The highest BCUT2D eigenvalue weighted by Gasteiger charge is 2.35. The zero-order valence-electron chi connectivity index (χ0n) is 14.2. The van der Waals surface area contributed by atoms with Crippen LogP contribution in [0.25, 0.3) is 0 Å². The standard InChI is InChI=1S/C18H28N2O.ClH/c1-14-5-7-16(8-6-14)18(2,3)17(21)20-11-9-15(10-12-20)13-19-4;/h5-8,15,19H,9-13H2,1-4H3;1H. The quantitative estimate of drug-likeness (QED) is 0.922. The van der Waals surface area contributed by atoms with E-state index in [0.29, 0.717) is 5.92 Å². The largest absolute Gasteiger partial charge is 0.342 e. The first-order valence-corrected chi connectivity index (χ1v) is 7.96. The van der Waals surface area contributed by atoms with Crippen LogP contribution in [0.15, 0.2) is 24.3 Å². The maximum atomic E-state index is 12.9. The molecule has 1 aliphatic rings. The predicted molar refractivity (Wildman–Crippen MR) is 94.7 cm³/mol. The van der Waals surface area contributed by atoms with Crippen molar-refractivity contribution in [3.05, 3.63) is 35.4 Å². The van der Waals surface area contributed by atoms with Crippen LogP contribution in [0.2, 0.25) is 0 Å². The average molecular weight is 325 g/mol. The Hall–Kier alpha value is -1.06. The van der Waals surface area contributed by atoms with E-state index in [-0.39, 0.29) is 18.3 Å². The summed E-state index contributed by atoms with van der Waals surface area (Å²) in [5.41, 5.74) is 1.90. The van der Waals surface area contributed by atoms with Crippen molar-refractivity contribution >= 4 is 18.3 Å². The normalized spacial score (nSPS) is 16.3. The summed E-state index contributed by atoms with van der Waals surface area (Å²) in [7, 11) is 2.00. The summed E-state index contributed by atoms with van der Waals surface area (Å²) in [5, 5.41) is 3.24. The molecule has 22 heavy (non-hydrogen) atoms. The molecular weight excluding hydrogens is 296 g/mol. The van der Waals surface area contributed by atoms with Crippen molar-refractivity contribution in [2.24, 2.45) is 5.92 Å². The van der Waals surface area contributed by atoms with Gasteiger partial charge in [-0.15, -0.1) is 12.4 Å². The Bertz CT molecular complexity index is 476. The van der Waals surface area contributed by atoms with Crippen LogP contribution < -0.4 is 5.32 Å². The smallest absolute Gasteiger partial charge is 0.232 e. The molecular formula is C18H29ClN2O. The number of carbonyl (C=O) groups is 1. The summed E-state index contributed by atoms with van der Waals surface area (Å²) in [4.78, 5) is 14.9. The highest BCUT2D eigenvalue weighted by molar-refractivity contribution is 5.87. The Balaban J connectivity index is 0.00000242. The van der Waals surface area contributed by atoms with Crippen LogP contribution in [0.5, 0.6) is 0 Å². The van der Waals surface area contributed by atoms with E-state index < -0.39 is 5.41 Å². The van der Waals surface area contributed by atoms with Gasteiger partial charge in [0.15, 0.2) is 0 Å². The third-order valence-corrected chi connectivity index (χ3v) is 4.70. The lowest BCUT2D eigenvalue weighted by Crippen LogP contribution is -2.47. The molecule has 1 saturated heterocycles. The molecule has 1 aromatic carbocycles. The van der Waals surface area contributed by atoms with Crippen LogP contribution in [0.1, 0.15) is 37.8 Å². The average Bonchev–Trinajstić information content (AvgIpc) is 2.48. The molecule has 1 amide bonds. The van der Waals surface area contributed by atoms with Gasteiger partial charge in [0.05, 0.1) is 5.41 Å². The third-order valence-electron chi connectivity index (χ3n) is 4.70. The Morgan fingerprint density at radius 3 is 2.27 bits per heavy atom. The van der Waals surface area contributed by atoms with Crippen molar-refractivity contribution in [3.63, 3.8) is 0 Å². The highest BCUT2D eigenvalue weighted by Crippen LogP contribution is 2.28. The molecule has 0 bridgehead atoms. The Morgan fingerprint density at radius 2 is 1.77 bits per heavy atom. The molecule has 0 unspecified atom stereocenters. The second kappa shape index (κ2) is 7.98. The van der Waals surface area contributed by atoms with E-state index >= 15 is 0 Å². The minimum atomic E-state index is -0.441. The number of carbonyl (C=O) groups excluding carboxylic acids is 1. The summed E-state index contributed by atoms with van der Waals surface area (Å²) in [5.74, 6) is 0.968. The van der Waals surface area contributed by atoms with Gasteiger partial charge in [0.25, 0.3) is 0 Å². The van der Waals surface area contributed by atoms with E-state index in [1.165, 1.54) is 5.56 Å². The van der Waals surface area contributed by atoms with Gasteiger partial charge >= 0.3 is 0 Å². The fourth-order valence-corrected chi connectivity index (χ4v) is 3.12. The number of hydrogen-bond acceptors (Lipinski definition) is 2. The molecule has 0 saturated carbocycles. The maximum Gasteiger partial charge on any atom is 0.232 e. The van der Waals surface area contributed by atoms with Crippen LogP contribution in [0.4, 0.5) is 0 Å². The van der Waals surface area contributed by atoms with Gasteiger partial charge in [0.1, 0.15) is 0 Å². The first-order valence-electron chi connectivity index (χ1n) is 7.96. The number of nitrogens with zero attached hydrogens (tertiary/aromatic N) is 1. The lowest BCUT2D eigenvalue weighted by Gasteiger charge is -2.37. The van der Waals surface area contributed by atoms with E-state index in [1.54, 1.807) is 0 Å². The number of likely N-dealkylation sites (tertiary alicyclic amines) is 1. The van der Waals surface area contributed by atoms with E-state index in [1.807, 2.05) is 25.8 Å². The van der Waals surface area contributed by atoms with Gasteiger partial charge in [-0.3, -0.25) is 4.79 Å². The molecule has 0 radical (unpaired) electrons. The fraction of sp³-hybridized carbons (Fsp3) is 0.611. The first kappa shape index (κ1) is 19.0. The van der Waals surface area contributed by atoms with E-state index in [2.05, 4.69) is 36.5 Å². The number of hydrogen-bond donors (Lipinski definition) is 1. The van der Waals surface area contributed by atoms with Crippen molar-refractivity contribution in [2.45, 2.75) is 39.0 Å². The van der Waals surface area contributed by atoms with Gasteiger partial charge < -0.3 is 10.2 Å². The minimum absolute atomic E-state index is 0. The lowest BCUT2D eigenvalue weighted by molar-refractivity contribution is -0.137. The first-order chi connectivity index (χ1) is 9.95. The topological polar surface area (TPSA) is 32.3 Å². The van der Waals surface area contributed by atoms with Crippen LogP contribution in [0.3, 0.4) is 0 Å². The zero-order valence-corrected chi connectivity index (χ0v) is 15.0. The summed E-state index contributed by atoms with van der Waals surface area (Å²) in [6.07, 6.45) is 2.22. The van der Waals surface area contributed by atoms with Crippen molar-refractivity contribution < 1.29 is 4.79 Å². The van der Waals surface area contributed by atoms with Gasteiger partial charge in [0, 0.05) is 13.1 Å². The van der Waals surface area contributed by atoms with Crippen molar-refractivity contribution in [1.82, 2.24) is 10.2 Å². The number of amides is 1. The van der Waals surface area contributed by atoms with E-state index in [4.69, 9.17) is 0 Å². The van der Waals surface area contributed by atoms with E-state index in [9.17, 15) is 4.79 Å². The Kier molecular flexibility index (Phi) is 6.89. The van der Waals surface area contributed by atoms with Gasteiger partial charge in [-0.05, 0) is 58.7 Å². The number of benzene rings is 1. The predicted octanol–water partition coefficient (Wildman–Crippen LogP) is 3.15. The molecule has 0 atom stereocenters. The van der Waals surface area contributed by atoms with Gasteiger partial charge in [-0.25, -0.2) is 0 Å². The third kappa shape index (κ3) is 4.23. The number of piperidine rings is 1. The summed E-state index contributed by atoms with van der Waals surface area (Å²) in [6, 6.07) is 8.34. The van der Waals surface area contributed by atoms with Gasteiger partial charge in [0.2, 0.25) is 5.91 Å². The fourth-order valence-electron chi connectivity index (χ4n) is 3.12.